The molecule has 0 aliphatic carbocycles. The average molecular weight is 223 g/mol. The maximum Gasteiger partial charge on any atom is 0.0721 e. The Hall–Kier alpha value is -2.35. The lowest BCUT2D eigenvalue weighted by Gasteiger charge is -2.12. The number of hydrogen-bond acceptors (Lipinski definition) is 2. The molecule has 0 bridgehead atoms. The Morgan fingerprint density at radius 3 is 2.00 bits per heavy atom. The van der Waals surface area contributed by atoms with E-state index in [9.17, 15) is 9.90 Å². The quantitative estimate of drug-likeness (QED) is 0.799. The van der Waals surface area contributed by atoms with Gasteiger partial charge < -0.3 is 9.90 Å². The molecule has 2 nitrogen and oxygen atoms in total. The highest BCUT2D eigenvalue weighted by molar-refractivity contribution is 5.95. The molecule has 0 aliphatic heterocycles. The number of carbonyl (C=O) groups excluding carboxylic acids is 1. The van der Waals surface area contributed by atoms with Crippen LogP contribution in [0, 0.1) is 0 Å². The van der Waals surface area contributed by atoms with Crippen molar-refractivity contribution in [3.05, 3.63) is 77.9 Å². The zero-order valence-electron chi connectivity index (χ0n) is 9.22. The zero-order chi connectivity index (χ0) is 12.3. The third-order valence-corrected chi connectivity index (χ3v) is 2.59. The van der Waals surface area contributed by atoms with Gasteiger partial charge in [0.2, 0.25) is 0 Å². The van der Waals surface area contributed by atoms with E-state index in [1.807, 2.05) is 30.3 Å². The second kappa shape index (κ2) is 4.66. The van der Waals surface area contributed by atoms with Crippen molar-refractivity contribution in [3.63, 3.8) is 0 Å². The number of hydrogen-bond donors (Lipinski definition) is 0. The number of carbonyl (C=O) groups is 1. The van der Waals surface area contributed by atoms with Crippen molar-refractivity contribution in [1.82, 2.24) is 0 Å². The molecule has 17 heavy (non-hydrogen) atoms. The number of benzene rings is 2. The Labute approximate surface area is 99.8 Å². The normalized spacial score (nSPS) is 9.88. The molecule has 0 aliphatic rings. The van der Waals surface area contributed by atoms with Crippen molar-refractivity contribution in [2.75, 3.05) is 0 Å². The second-order valence-electron chi connectivity index (χ2n) is 3.68. The summed E-state index contributed by atoms with van der Waals surface area (Å²) in [5.74, 6) is -1.18. The fourth-order valence-corrected chi connectivity index (χ4v) is 1.72. The van der Waals surface area contributed by atoms with E-state index in [0.717, 1.165) is 5.56 Å². The first-order valence-electron chi connectivity index (χ1n) is 5.25. The third kappa shape index (κ3) is 2.26. The molecule has 0 radical (unpaired) electrons. The van der Waals surface area contributed by atoms with E-state index in [1.165, 1.54) is 6.07 Å². The molecular formula is C15H11O2-. The van der Waals surface area contributed by atoms with Crippen LogP contribution < -0.4 is 5.11 Å². The lowest BCUT2D eigenvalue weighted by Crippen LogP contribution is -2.23. The van der Waals surface area contributed by atoms with Gasteiger partial charge in [0.25, 0.3) is 0 Å². The molecule has 0 aromatic heterocycles. The fraction of sp³-hybridized carbons (Fsp3) is 0. The molecule has 0 N–H and O–H groups in total. The van der Waals surface area contributed by atoms with Gasteiger partial charge in [-0.05, 0) is 16.7 Å². The number of aromatic carboxylic acids is 1. The van der Waals surface area contributed by atoms with E-state index in [-0.39, 0.29) is 5.56 Å². The molecule has 2 aromatic rings. The predicted molar refractivity (Wildman–Crippen MR) is 65.4 cm³/mol. The van der Waals surface area contributed by atoms with Crippen LogP contribution in [0.25, 0.3) is 5.57 Å². The SMILES string of the molecule is C=C(c1ccccc1)c1ccccc1C(=O)[O-]. The standard InChI is InChI=1S/C15H12O2/c1-11(12-7-3-2-4-8-12)13-9-5-6-10-14(13)15(16)17/h2-10H,1H2,(H,16,17)/p-1. The van der Waals surface area contributed by atoms with Crippen molar-refractivity contribution < 1.29 is 9.90 Å². The van der Waals surface area contributed by atoms with Gasteiger partial charge in [0.1, 0.15) is 0 Å². The van der Waals surface area contributed by atoms with Crippen LogP contribution in [0.3, 0.4) is 0 Å². The highest BCUT2D eigenvalue weighted by atomic mass is 16.4. The van der Waals surface area contributed by atoms with Crippen LogP contribution in [0.5, 0.6) is 0 Å². The fourth-order valence-electron chi connectivity index (χ4n) is 1.72. The smallest absolute Gasteiger partial charge is 0.0721 e. The molecule has 0 fully saturated rings. The van der Waals surface area contributed by atoms with E-state index in [4.69, 9.17) is 0 Å². The summed E-state index contributed by atoms with van der Waals surface area (Å²) in [6, 6.07) is 16.2. The van der Waals surface area contributed by atoms with Crippen molar-refractivity contribution in [3.8, 4) is 0 Å². The monoisotopic (exact) mass is 223 g/mol. The highest BCUT2D eigenvalue weighted by Crippen LogP contribution is 2.24. The van der Waals surface area contributed by atoms with Gasteiger partial charge in [-0.1, -0.05) is 61.2 Å². The lowest BCUT2D eigenvalue weighted by atomic mass is 9.95. The first-order chi connectivity index (χ1) is 8.20. The molecule has 0 unspecified atom stereocenters. The summed E-state index contributed by atoms with van der Waals surface area (Å²) in [4.78, 5) is 11.0. The van der Waals surface area contributed by atoms with Crippen LogP contribution in [0.2, 0.25) is 0 Å². The Morgan fingerprint density at radius 2 is 1.41 bits per heavy atom. The number of carboxylic acid groups (broad SMARTS) is 1. The first kappa shape index (κ1) is 11.1. The van der Waals surface area contributed by atoms with Gasteiger partial charge in [-0.25, -0.2) is 0 Å². The first-order valence-corrected chi connectivity index (χ1v) is 5.25. The maximum absolute atomic E-state index is 11.0. The molecule has 0 spiro atoms. The molecule has 2 rings (SSSR count). The largest absolute Gasteiger partial charge is 0.545 e. The minimum atomic E-state index is -1.18. The summed E-state index contributed by atoms with van der Waals surface area (Å²) >= 11 is 0. The molecular weight excluding hydrogens is 212 g/mol. The van der Waals surface area contributed by atoms with E-state index >= 15 is 0 Å². The second-order valence-corrected chi connectivity index (χ2v) is 3.68. The molecule has 84 valence electrons. The van der Waals surface area contributed by atoms with Crippen LogP contribution in [0.1, 0.15) is 21.5 Å². The maximum atomic E-state index is 11.0. The molecule has 2 heteroatoms. The summed E-state index contributed by atoms with van der Waals surface area (Å²) in [6.07, 6.45) is 0. The van der Waals surface area contributed by atoms with Gasteiger partial charge in [0, 0.05) is 5.56 Å². The summed E-state index contributed by atoms with van der Waals surface area (Å²) < 4.78 is 0. The summed E-state index contributed by atoms with van der Waals surface area (Å²) in [5.41, 5.74) is 2.35. The van der Waals surface area contributed by atoms with E-state index in [1.54, 1.807) is 18.2 Å². The van der Waals surface area contributed by atoms with Gasteiger partial charge in [0.15, 0.2) is 0 Å². The van der Waals surface area contributed by atoms with Gasteiger partial charge in [-0.15, -0.1) is 0 Å². The summed E-state index contributed by atoms with van der Waals surface area (Å²) in [5, 5.41) is 11.0. The summed E-state index contributed by atoms with van der Waals surface area (Å²) in [6.45, 7) is 3.95. The molecule has 0 saturated heterocycles. The predicted octanol–water partition coefficient (Wildman–Crippen LogP) is 2.11. The van der Waals surface area contributed by atoms with Crippen LogP contribution in [-0.4, -0.2) is 5.97 Å². The van der Waals surface area contributed by atoms with Crippen molar-refractivity contribution in [2.24, 2.45) is 0 Å². The minimum Gasteiger partial charge on any atom is -0.545 e. The average Bonchev–Trinajstić information content (AvgIpc) is 2.39. The third-order valence-electron chi connectivity index (χ3n) is 2.59. The minimum absolute atomic E-state index is 0.168. The van der Waals surface area contributed by atoms with Crippen molar-refractivity contribution in [1.29, 1.82) is 0 Å². The Bertz CT molecular complexity index is 556. The topological polar surface area (TPSA) is 40.1 Å². The molecule has 0 heterocycles. The van der Waals surface area contributed by atoms with Crippen LogP contribution >= 0.6 is 0 Å². The van der Waals surface area contributed by atoms with Crippen LogP contribution in [-0.2, 0) is 0 Å². The Kier molecular flexibility index (Phi) is 3.06. The van der Waals surface area contributed by atoms with E-state index in [0.29, 0.717) is 11.1 Å². The van der Waals surface area contributed by atoms with E-state index in [2.05, 4.69) is 6.58 Å². The molecule has 0 saturated carbocycles. The van der Waals surface area contributed by atoms with Crippen molar-refractivity contribution in [2.45, 2.75) is 0 Å². The van der Waals surface area contributed by atoms with E-state index < -0.39 is 5.97 Å². The van der Waals surface area contributed by atoms with Gasteiger partial charge >= 0.3 is 0 Å². The lowest BCUT2D eigenvalue weighted by molar-refractivity contribution is -0.255. The van der Waals surface area contributed by atoms with Crippen molar-refractivity contribution >= 4 is 11.5 Å². The number of carboxylic acids is 1. The van der Waals surface area contributed by atoms with Crippen LogP contribution in [0.15, 0.2) is 61.2 Å². The highest BCUT2D eigenvalue weighted by Gasteiger charge is 2.07. The molecule has 2 aromatic carbocycles. The molecule has 0 atom stereocenters. The summed E-state index contributed by atoms with van der Waals surface area (Å²) in [7, 11) is 0. The van der Waals surface area contributed by atoms with Gasteiger partial charge in [0.05, 0.1) is 5.97 Å². The Morgan fingerprint density at radius 1 is 0.882 bits per heavy atom. The number of rotatable bonds is 3. The van der Waals surface area contributed by atoms with Gasteiger partial charge in [-0.3, -0.25) is 0 Å². The zero-order valence-corrected chi connectivity index (χ0v) is 9.22. The molecule has 0 amide bonds. The van der Waals surface area contributed by atoms with Gasteiger partial charge in [-0.2, -0.15) is 0 Å². The Balaban J connectivity index is 2.48. The van der Waals surface area contributed by atoms with Crippen LogP contribution in [0.4, 0.5) is 0 Å².